The zero-order valence-electron chi connectivity index (χ0n) is 28.2. The summed E-state index contributed by atoms with van der Waals surface area (Å²) in [5, 5.41) is 9.62. The number of allylic oxidation sites excluding steroid dienone is 8. The van der Waals surface area contributed by atoms with Gasteiger partial charge in [0, 0.05) is 36.3 Å². The minimum atomic E-state index is 0.901. The van der Waals surface area contributed by atoms with Crippen molar-refractivity contribution in [3.05, 3.63) is 187 Å². The Labute approximate surface area is 296 Å². The lowest BCUT2D eigenvalue weighted by atomic mass is 9.96. The van der Waals surface area contributed by atoms with Gasteiger partial charge < -0.3 is 4.42 Å². The van der Waals surface area contributed by atoms with Crippen molar-refractivity contribution in [1.29, 1.82) is 0 Å². The van der Waals surface area contributed by atoms with Crippen molar-refractivity contribution >= 4 is 92.2 Å². The normalized spacial score (nSPS) is 12.6. The van der Waals surface area contributed by atoms with Crippen molar-refractivity contribution in [1.82, 2.24) is 0 Å². The lowest BCUT2D eigenvalue weighted by molar-refractivity contribution is 0.672. The van der Waals surface area contributed by atoms with E-state index in [-0.39, 0.29) is 0 Å². The number of benzene rings is 5. The first-order valence-electron chi connectivity index (χ1n) is 17.0. The molecule has 0 unspecified atom stereocenters. The minimum absolute atomic E-state index is 0.901. The van der Waals surface area contributed by atoms with Crippen LogP contribution in [-0.4, -0.2) is 0 Å². The van der Waals surface area contributed by atoms with Crippen LogP contribution in [0.1, 0.15) is 30.5 Å². The Morgan fingerprint density at radius 2 is 1.28 bits per heavy atom. The quantitative estimate of drug-likeness (QED) is 0.162. The van der Waals surface area contributed by atoms with E-state index in [9.17, 15) is 0 Å². The third kappa shape index (κ3) is 5.74. The van der Waals surface area contributed by atoms with E-state index >= 15 is 0 Å². The molecule has 0 spiro atoms. The van der Waals surface area contributed by atoms with Crippen LogP contribution in [-0.2, 0) is 0 Å². The second-order valence-electron chi connectivity index (χ2n) is 12.5. The highest BCUT2D eigenvalue weighted by Crippen LogP contribution is 2.42. The Morgan fingerprint density at radius 1 is 0.600 bits per heavy atom. The summed E-state index contributed by atoms with van der Waals surface area (Å²) in [7, 11) is 0. The number of rotatable bonds is 6. The summed E-state index contributed by atoms with van der Waals surface area (Å²) in [6.45, 7) is 8.70. The molecule has 0 atom stereocenters. The molecule has 0 aliphatic heterocycles. The van der Waals surface area contributed by atoms with E-state index in [1.54, 1.807) is 0 Å². The van der Waals surface area contributed by atoms with Crippen molar-refractivity contribution < 1.29 is 4.42 Å². The first kappa shape index (κ1) is 31.3. The van der Waals surface area contributed by atoms with Gasteiger partial charge >= 0.3 is 0 Å². The molecular formula is C48H36OS. The van der Waals surface area contributed by atoms with Crippen LogP contribution in [0, 0.1) is 0 Å². The summed E-state index contributed by atoms with van der Waals surface area (Å²) in [6.07, 6.45) is 14.7. The molecule has 6 aromatic carbocycles. The molecule has 0 fully saturated rings. The van der Waals surface area contributed by atoms with E-state index < -0.39 is 0 Å². The van der Waals surface area contributed by atoms with Crippen molar-refractivity contribution in [2.75, 3.05) is 0 Å². The van der Waals surface area contributed by atoms with Gasteiger partial charge in [-0.3, -0.25) is 0 Å². The van der Waals surface area contributed by atoms with Crippen molar-refractivity contribution in [2.45, 2.75) is 13.8 Å². The van der Waals surface area contributed by atoms with Crippen LogP contribution >= 0.6 is 11.3 Å². The zero-order valence-corrected chi connectivity index (χ0v) is 29.0. The molecule has 2 heterocycles. The van der Waals surface area contributed by atoms with Gasteiger partial charge in [0.15, 0.2) is 0 Å². The SMILES string of the molecule is C=C(/C=C\C=C\c1ccc2oc3c(ccc4c3ccc3sc5ccccc5c34)c2c1)c1ccccccc(/C(C)=C/C=C\C)c2ccccc12. The van der Waals surface area contributed by atoms with Crippen LogP contribution in [0.15, 0.2) is 175 Å². The summed E-state index contributed by atoms with van der Waals surface area (Å²) in [5.74, 6) is 0. The largest absolute Gasteiger partial charge is 0.455 e. The summed E-state index contributed by atoms with van der Waals surface area (Å²) in [4.78, 5) is 0. The Kier molecular flexibility index (Phi) is 8.46. The summed E-state index contributed by atoms with van der Waals surface area (Å²) < 4.78 is 9.14. The number of fused-ring (bicyclic) bond motifs is 10. The van der Waals surface area contributed by atoms with Gasteiger partial charge in [-0.05, 0) is 94.2 Å². The molecule has 8 rings (SSSR count). The molecule has 0 amide bonds. The molecule has 1 nitrogen and oxygen atoms in total. The maximum atomic E-state index is 6.52. The molecule has 0 saturated heterocycles. The van der Waals surface area contributed by atoms with Gasteiger partial charge in [-0.1, -0.05) is 140 Å². The second kappa shape index (κ2) is 13.5. The fourth-order valence-corrected chi connectivity index (χ4v) is 8.05. The first-order chi connectivity index (χ1) is 24.6. The van der Waals surface area contributed by atoms with E-state index in [4.69, 9.17) is 4.42 Å². The Bertz CT molecular complexity index is 2800. The van der Waals surface area contributed by atoms with Crippen molar-refractivity contribution in [3.8, 4) is 0 Å². The highest BCUT2D eigenvalue weighted by Gasteiger charge is 2.14. The zero-order chi connectivity index (χ0) is 34.0. The van der Waals surface area contributed by atoms with E-state index in [1.807, 2.05) is 18.3 Å². The maximum absolute atomic E-state index is 6.52. The Hall–Kier alpha value is -5.96. The van der Waals surface area contributed by atoms with Crippen molar-refractivity contribution in [3.63, 3.8) is 0 Å². The molecule has 0 bridgehead atoms. The summed E-state index contributed by atoms with van der Waals surface area (Å²) in [6, 6.07) is 45.3. The van der Waals surface area contributed by atoms with E-state index in [0.29, 0.717) is 0 Å². The van der Waals surface area contributed by atoms with Gasteiger partial charge in [0.05, 0.1) is 0 Å². The van der Waals surface area contributed by atoms with E-state index in [0.717, 1.165) is 49.4 Å². The Balaban J connectivity index is 1.13. The summed E-state index contributed by atoms with van der Waals surface area (Å²) >= 11 is 1.85. The molecule has 0 radical (unpaired) electrons. The third-order valence-electron chi connectivity index (χ3n) is 9.37. The smallest absolute Gasteiger partial charge is 0.143 e. The van der Waals surface area contributed by atoms with Crippen molar-refractivity contribution in [2.24, 2.45) is 0 Å². The standard InChI is InChI=1S/C48H36OS/c1-4-5-16-32(2)35-19-8-6-7-9-20-36(38-22-13-12-21-37(35)38)33(3)17-10-11-18-34-25-29-44-43(31-34)41-27-26-39-40(48(41)49-44)28-30-46-47(39)42-23-14-15-24-45(42)50-46/h4-31H,3H2,1-2H3/b5-4-,7-6?,8-6?,9-7?,17-10-,18-11+,19-8?,20-9?,32-16+,35-19?,36-20?,37-35?,38-36?. The van der Waals surface area contributed by atoms with Crippen LogP contribution in [0.2, 0.25) is 0 Å². The molecule has 50 heavy (non-hydrogen) atoms. The van der Waals surface area contributed by atoms with Gasteiger partial charge in [-0.15, -0.1) is 11.3 Å². The van der Waals surface area contributed by atoms with Crippen LogP contribution < -0.4 is 0 Å². The van der Waals surface area contributed by atoms with Gasteiger partial charge in [0.1, 0.15) is 11.2 Å². The van der Waals surface area contributed by atoms with E-state index in [1.165, 1.54) is 42.1 Å². The molecule has 8 aromatic rings. The highest BCUT2D eigenvalue weighted by atomic mass is 32.1. The maximum Gasteiger partial charge on any atom is 0.143 e. The van der Waals surface area contributed by atoms with Gasteiger partial charge in [-0.2, -0.15) is 0 Å². The topological polar surface area (TPSA) is 13.1 Å². The molecule has 2 heteroatoms. The minimum Gasteiger partial charge on any atom is -0.455 e. The molecule has 0 aliphatic carbocycles. The predicted octanol–water partition coefficient (Wildman–Crippen LogP) is 14.6. The van der Waals surface area contributed by atoms with Crippen LogP contribution in [0.5, 0.6) is 0 Å². The fourth-order valence-electron chi connectivity index (χ4n) is 6.93. The van der Waals surface area contributed by atoms with Gasteiger partial charge in [-0.25, -0.2) is 0 Å². The summed E-state index contributed by atoms with van der Waals surface area (Å²) in [5.41, 5.74) is 7.40. The average molecular weight is 661 g/mol. The monoisotopic (exact) mass is 660 g/mol. The molecular weight excluding hydrogens is 625 g/mol. The number of hydrogen-bond acceptors (Lipinski definition) is 2. The third-order valence-corrected chi connectivity index (χ3v) is 10.5. The predicted molar refractivity (Wildman–Crippen MR) is 221 cm³/mol. The van der Waals surface area contributed by atoms with Gasteiger partial charge in [0.2, 0.25) is 0 Å². The number of thiophene rings is 1. The van der Waals surface area contributed by atoms with Gasteiger partial charge in [0.25, 0.3) is 0 Å². The van der Waals surface area contributed by atoms with Crippen LogP contribution in [0.3, 0.4) is 0 Å². The van der Waals surface area contributed by atoms with E-state index in [2.05, 4.69) is 183 Å². The lowest BCUT2D eigenvalue weighted by Crippen LogP contribution is -1.85. The molecule has 2 aromatic heterocycles. The first-order valence-corrected chi connectivity index (χ1v) is 17.8. The fraction of sp³-hybridized carbons (Fsp3) is 0.0417. The number of furan rings is 1. The lowest BCUT2D eigenvalue weighted by Gasteiger charge is -2.08. The molecule has 0 aliphatic rings. The molecule has 240 valence electrons. The van der Waals surface area contributed by atoms with Crippen LogP contribution in [0.4, 0.5) is 0 Å². The molecule has 0 N–H and O–H groups in total. The molecule has 0 saturated carbocycles. The van der Waals surface area contributed by atoms with Crippen LogP contribution in [0.25, 0.3) is 80.9 Å². The average Bonchev–Trinajstić information content (AvgIpc) is 3.72. The highest BCUT2D eigenvalue weighted by molar-refractivity contribution is 7.26. The Morgan fingerprint density at radius 3 is 2.10 bits per heavy atom. The number of hydrogen-bond donors (Lipinski definition) is 0. The second-order valence-corrected chi connectivity index (χ2v) is 13.6.